The van der Waals surface area contributed by atoms with Crippen LogP contribution in [0.1, 0.15) is 19.4 Å². The van der Waals surface area contributed by atoms with Crippen molar-refractivity contribution >= 4 is 11.0 Å². The largest absolute Gasteiger partial charge is 0.292 e. The molecular formula is C19H20N2O. The van der Waals surface area contributed by atoms with Gasteiger partial charge in [-0.25, -0.2) is 4.98 Å². The lowest BCUT2D eigenvalue weighted by Gasteiger charge is -2.15. The first-order chi connectivity index (χ1) is 10.6. The van der Waals surface area contributed by atoms with Crippen molar-refractivity contribution in [2.24, 2.45) is 5.92 Å². The molecule has 1 aromatic carbocycles. The fraction of sp³-hybridized carbons (Fsp3) is 0.263. The Labute approximate surface area is 130 Å². The van der Waals surface area contributed by atoms with Gasteiger partial charge in [0.15, 0.2) is 0 Å². The van der Waals surface area contributed by atoms with Gasteiger partial charge < -0.3 is 0 Å². The fourth-order valence-electron chi connectivity index (χ4n) is 2.81. The molecule has 0 unspecified atom stereocenters. The fourth-order valence-corrected chi connectivity index (χ4v) is 2.81. The number of aromatic nitrogens is 2. The van der Waals surface area contributed by atoms with Crippen LogP contribution in [0.4, 0.5) is 0 Å². The summed E-state index contributed by atoms with van der Waals surface area (Å²) in [5, 5.41) is 1.00. The molecule has 112 valence electrons. The number of fused-ring (bicyclic) bond motifs is 1. The summed E-state index contributed by atoms with van der Waals surface area (Å²) >= 11 is 0. The summed E-state index contributed by atoms with van der Waals surface area (Å²) in [6.45, 7) is 6.93. The van der Waals surface area contributed by atoms with Gasteiger partial charge in [-0.15, -0.1) is 0 Å². The zero-order chi connectivity index (χ0) is 15.7. The van der Waals surface area contributed by atoms with Crippen molar-refractivity contribution in [1.82, 2.24) is 9.55 Å². The molecule has 3 aromatic rings. The molecule has 0 N–H and O–H groups in total. The van der Waals surface area contributed by atoms with E-state index in [0.717, 1.165) is 27.7 Å². The van der Waals surface area contributed by atoms with Crippen LogP contribution in [0.2, 0.25) is 0 Å². The third kappa shape index (κ3) is 2.54. The maximum Gasteiger partial charge on any atom is 0.260 e. The first-order valence-corrected chi connectivity index (χ1v) is 7.62. The molecule has 3 rings (SSSR count). The molecule has 0 atom stereocenters. The van der Waals surface area contributed by atoms with E-state index in [1.54, 1.807) is 6.20 Å². The highest BCUT2D eigenvalue weighted by molar-refractivity contribution is 5.82. The number of hydrogen-bond acceptors (Lipinski definition) is 2. The minimum absolute atomic E-state index is 0.0363. The summed E-state index contributed by atoms with van der Waals surface area (Å²) < 4.78 is 1.81. The minimum Gasteiger partial charge on any atom is -0.292 e. The van der Waals surface area contributed by atoms with E-state index in [1.807, 2.05) is 54.0 Å². The van der Waals surface area contributed by atoms with Crippen LogP contribution >= 0.6 is 0 Å². The van der Waals surface area contributed by atoms with Gasteiger partial charge in [0, 0.05) is 23.7 Å². The van der Waals surface area contributed by atoms with Gasteiger partial charge in [-0.3, -0.25) is 9.36 Å². The number of nitrogens with zero attached hydrogens (tertiary/aromatic N) is 2. The highest BCUT2D eigenvalue weighted by Crippen LogP contribution is 2.23. The van der Waals surface area contributed by atoms with Gasteiger partial charge in [0.1, 0.15) is 5.65 Å². The SMILES string of the molecule is Cc1ccccc1-c1cc2cccnc2n(CC(C)C)c1=O. The second-order valence-electron chi connectivity index (χ2n) is 6.10. The summed E-state index contributed by atoms with van der Waals surface area (Å²) in [7, 11) is 0. The van der Waals surface area contributed by atoms with Crippen LogP contribution in [0.5, 0.6) is 0 Å². The van der Waals surface area contributed by atoms with Crippen molar-refractivity contribution in [2.45, 2.75) is 27.3 Å². The van der Waals surface area contributed by atoms with Crippen molar-refractivity contribution in [2.75, 3.05) is 0 Å². The van der Waals surface area contributed by atoms with E-state index >= 15 is 0 Å². The minimum atomic E-state index is 0.0363. The Bertz CT molecular complexity index is 878. The average molecular weight is 292 g/mol. The van der Waals surface area contributed by atoms with Gasteiger partial charge >= 0.3 is 0 Å². The molecule has 0 saturated heterocycles. The number of pyridine rings is 2. The maximum atomic E-state index is 13.0. The first-order valence-electron chi connectivity index (χ1n) is 7.62. The molecule has 0 amide bonds. The molecule has 0 aliphatic heterocycles. The molecule has 0 radical (unpaired) electrons. The summed E-state index contributed by atoms with van der Waals surface area (Å²) in [4.78, 5) is 17.4. The Morgan fingerprint density at radius 1 is 1.09 bits per heavy atom. The van der Waals surface area contributed by atoms with E-state index in [1.165, 1.54) is 0 Å². The molecule has 0 aliphatic carbocycles. The Kier molecular flexibility index (Phi) is 3.80. The van der Waals surface area contributed by atoms with E-state index in [9.17, 15) is 4.79 Å². The standard InChI is InChI=1S/C19H20N2O/c1-13(2)12-21-18-15(8-6-10-20-18)11-17(19(21)22)16-9-5-4-7-14(16)3/h4-11,13H,12H2,1-3H3. The third-order valence-corrected chi connectivity index (χ3v) is 3.83. The van der Waals surface area contributed by atoms with Gasteiger partial charge in [-0.2, -0.15) is 0 Å². The van der Waals surface area contributed by atoms with Crippen LogP contribution < -0.4 is 5.56 Å². The van der Waals surface area contributed by atoms with Gasteiger partial charge in [0.2, 0.25) is 0 Å². The molecule has 2 aromatic heterocycles. The van der Waals surface area contributed by atoms with Crippen LogP contribution in [0.15, 0.2) is 53.5 Å². The highest BCUT2D eigenvalue weighted by atomic mass is 16.1. The quantitative estimate of drug-likeness (QED) is 0.730. The Morgan fingerprint density at radius 2 is 1.86 bits per heavy atom. The van der Waals surface area contributed by atoms with Gasteiger partial charge in [-0.1, -0.05) is 38.1 Å². The van der Waals surface area contributed by atoms with Crippen LogP contribution in [-0.4, -0.2) is 9.55 Å². The number of aryl methyl sites for hydroxylation is 1. The number of hydrogen-bond donors (Lipinski definition) is 0. The normalized spacial score (nSPS) is 11.3. The van der Waals surface area contributed by atoms with E-state index in [2.05, 4.69) is 18.8 Å². The van der Waals surface area contributed by atoms with Crippen LogP contribution in [-0.2, 0) is 6.54 Å². The molecule has 2 heterocycles. The second kappa shape index (κ2) is 5.76. The molecular weight excluding hydrogens is 272 g/mol. The number of benzene rings is 1. The van der Waals surface area contributed by atoms with E-state index in [4.69, 9.17) is 0 Å². The number of rotatable bonds is 3. The van der Waals surface area contributed by atoms with Crippen molar-refractivity contribution < 1.29 is 0 Å². The van der Waals surface area contributed by atoms with Crippen molar-refractivity contribution in [3.8, 4) is 11.1 Å². The molecule has 0 bridgehead atoms. The Morgan fingerprint density at radius 3 is 2.59 bits per heavy atom. The summed E-state index contributed by atoms with van der Waals surface area (Å²) in [5.41, 5.74) is 3.65. The molecule has 22 heavy (non-hydrogen) atoms. The van der Waals surface area contributed by atoms with Crippen LogP contribution in [0.25, 0.3) is 22.2 Å². The van der Waals surface area contributed by atoms with Gasteiger partial charge in [0.05, 0.1) is 0 Å². The Balaban J connectivity index is 2.35. The Hall–Kier alpha value is -2.42. The molecule has 0 spiro atoms. The van der Waals surface area contributed by atoms with Gasteiger partial charge in [-0.05, 0) is 42.2 Å². The lowest BCUT2D eigenvalue weighted by atomic mass is 10.0. The topological polar surface area (TPSA) is 34.9 Å². The summed E-state index contributed by atoms with van der Waals surface area (Å²) in [6, 6.07) is 13.9. The molecule has 0 fully saturated rings. The van der Waals surface area contributed by atoms with E-state index < -0.39 is 0 Å². The van der Waals surface area contributed by atoms with Crippen LogP contribution in [0.3, 0.4) is 0 Å². The van der Waals surface area contributed by atoms with Crippen molar-refractivity contribution in [1.29, 1.82) is 0 Å². The third-order valence-electron chi connectivity index (χ3n) is 3.83. The molecule has 3 heteroatoms. The second-order valence-corrected chi connectivity index (χ2v) is 6.10. The summed E-state index contributed by atoms with van der Waals surface area (Å²) in [6.07, 6.45) is 1.74. The monoisotopic (exact) mass is 292 g/mol. The van der Waals surface area contributed by atoms with Crippen molar-refractivity contribution in [3.63, 3.8) is 0 Å². The van der Waals surface area contributed by atoms with Crippen molar-refractivity contribution in [3.05, 3.63) is 64.6 Å². The van der Waals surface area contributed by atoms with Gasteiger partial charge in [0.25, 0.3) is 5.56 Å². The molecule has 0 saturated carbocycles. The predicted molar refractivity (Wildman–Crippen MR) is 91.0 cm³/mol. The summed E-state index contributed by atoms with van der Waals surface area (Å²) in [5.74, 6) is 0.384. The highest BCUT2D eigenvalue weighted by Gasteiger charge is 2.13. The van der Waals surface area contributed by atoms with Crippen LogP contribution in [0, 0.1) is 12.8 Å². The lowest BCUT2D eigenvalue weighted by Crippen LogP contribution is -2.25. The average Bonchev–Trinajstić information content (AvgIpc) is 2.50. The predicted octanol–water partition coefficient (Wildman–Crippen LogP) is 4.03. The van der Waals surface area contributed by atoms with E-state index in [-0.39, 0.29) is 5.56 Å². The molecule has 0 aliphatic rings. The van der Waals surface area contributed by atoms with E-state index in [0.29, 0.717) is 12.5 Å². The smallest absolute Gasteiger partial charge is 0.260 e. The molecule has 3 nitrogen and oxygen atoms in total. The zero-order valence-corrected chi connectivity index (χ0v) is 13.2. The lowest BCUT2D eigenvalue weighted by molar-refractivity contribution is 0.521. The zero-order valence-electron chi connectivity index (χ0n) is 13.2. The first kappa shape index (κ1) is 14.5. The maximum absolute atomic E-state index is 13.0.